The van der Waals surface area contributed by atoms with Crippen LogP contribution in [0.15, 0.2) is 22.0 Å². The molecule has 2 fully saturated rings. The van der Waals surface area contributed by atoms with Crippen molar-refractivity contribution in [1.82, 2.24) is 14.9 Å². The summed E-state index contributed by atoms with van der Waals surface area (Å²) in [7, 11) is 0. The van der Waals surface area contributed by atoms with Crippen molar-refractivity contribution in [3.63, 3.8) is 0 Å². The number of hydrogen-bond donors (Lipinski definition) is 0. The Labute approximate surface area is 143 Å². The van der Waals surface area contributed by atoms with Gasteiger partial charge in [-0.2, -0.15) is 0 Å². The summed E-state index contributed by atoms with van der Waals surface area (Å²) in [5.74, 6) is 0.977. The second-order valence-corrected chi connectivity index (χ2v) is 6.58. The van der Waals surface area contributed by atoms with Crippen molar-refractivity contribution in [3.8, 4) is 0 Å². The number of likely N-dealkylation sites (tertiary alicyclic amines) is 1. The van der Waals surface area contributed by atoms with Gasteiger partial charge in [0.1, 0.15) is 6.61 Å². The molecule has 0 aliphatic carbocycles. The first-order valence-electron chi connectivity index (χ1n) is 7.90. The molecular weight excluding hydrogens is 362 g/mol. The molecule has 3 heterocycles. The van der Waals surface area contributed by atoms with E-state index in [-0.39, 0.29) is 5.91 Å². The smallest absolute Gasteiger partial charge is 0.225 e. The lowest BCUT2D eigenvalue weighted by molar-refractivity contribution is -0.128. The Morgan fingerprint density at radius 2 is 1.91 bits per heavy atom. The van der Waals surface area contributed by atoms with Crippen molar-refractivity contribution < 1.29 is 9.63 Å². The fraction of sp³-hybridized carbons (Fsp3) is 0.600. The molecule has 0 N–H and O–H groups in total. The maximum Gasteiger partial charge on any atom is 0.225 e. The lowest BCUT2D eigenvalue weighted by Gasteiger charge is -2.27. The molecule has 2 aliphatic heterocycles. The van der Waals surface area contributed by atoms with Crippen LogP contribution in [0.5, 0.6) is 0 Å². The number of carbonyl (C=O) groups is 1. The van der Waals surface area contributed by atoms with Crippen molar-refractivity contribution in [2.75, 3.05) is 37.7 Å². The molecule has 7 nitrogen and oxygen atoms in total. The predicted octanol–water partition coefficient (Wildman–Crippen LogP) is 1.83. The van der Waals surface area contributed by atoms with Crippen LogP contribution in [0.25, 0.3) is 0 Å². The van der Waals surface area contributed by atoms with Crippen molar-refractivity contribution >= 4 is 33.5 Å². The molecule has 1 aromatic heterocycles. The minimum atomic E-state index is 0.226. The molecule has 23 heavy (non-hydrogen) atoms. The van der Waals surface area contributed by atoms with Gasteiger partial charge in [-0.3, -0.25) is 4.79 Å². The highest BCUT2D eigenvalue weighted by Gasteiger charge is 2.20. The molecule has 1 aromatic rings. The Morgan fingerprint density at radius 1 is 1.17 bits per heavy atom. The number of oxime groups is 1. The van der Waals surface area contributed by atoms with Gasteiger partial charge in [0.05, 0.1) is 16.7 Å². The zero-order valence-corrected chi connectivity index (χ0v) is 14.5. The Hall–Kier alpha value is -1.70. The number of rotatable bonds is 5. The van der Waals surface area contributed by atoms with Gasteiger partial charge in [-0.25, -0.2) is 9.97 Å². The Kier molecular flexibility index (Phi) is 5.43. The number of hydrogen-bond acceptors (Lipinski definition) is 6. The monoisotopic (exact) mass is 381 g/mol. The molecule has 1 amide bonds. The van der Waals surface area contributed by atoms with Crippen LogP contribution in [0.3, 0.4) is 0 Å². The van der Waals surface area contributed by atoms with Gasteiger partial charge >= 0.3 is 0 Å². The van der Waals surface area contributed by atoms with Crippen LogP contribution in [-0.4, -0.2) is 59.3 Å². The van der Waals surface area contributed by atoms with E-state index >= 15 is 0 Å². The highest BCUT2D eigenvalue weighted by molar-refractivity contribution is 9.10. The quantitative estimate of drug-likeness (QED) is 0.574. The Morgan fingerprint density at radius 3 is 2.57 bits per heavy atom. The van der Waals surface area contributed by atoms with Gasteiger partial charge in [-0.05, 0) is 22.4 Å². The second-order valence-electron chi connectivity index (χ2n) is 5.66. The third kappa shape index (κ3) is 4.40. The van der Waals surface area contributed by atoms with Crippen molar-refractivity contribution in [2.24, 2.45) is 5.16 Å². The molecule has 0 saturated carbocycles. The molecule has 0 unspecified atom stereocenters. The molecule has 0 radical (unpaired) electrons. The van der Waals surface area contributed by atoms with E-state index in [0.29, 0.717) is 19.6 Å². The molecule has 2 saturated heterocycles. The topological polar surface area (TPSA) is 70.9 Å². The molecule has 0 aromatic carbocycles. The first kappa shape index (κ1) is 16.2. The predicted molar refractivity (Wildman–Crippen MR) is 90.4 cm³/mol. The lowest BCUT2D eigenvalue weighted by atomic mass is 10.1. The number of carbonyl (C=O) groups excluding carboxylic acids is 1. The number of anilines is 1. The molecular formula is C15H20BrN5O2. The second kappa shape index (κ2) is 7.72. The average Bonchev–Trinajstić information content (AvgIpc) is 2.98. The summed E-state index contributed by atoms with van der Waals surface area (Å²) in [6.45, 7) is 3.63. The van der Waals surface area contributed by atoms with E-state index in [2.05, 4.69) is 36.0 Å². The molecule has 3 rings (SSSR count). The summed E-state index contributed by atoms with van der Waals surface area (Å²) in [6, 6.07) is 0. The van der Waals surface area contributed by atoms with Crippen molar-refractivity contribution in [2.45, 2.75) is 25.7 Å². The van der Waals surface area contributed by atoms with Crippen LogP contribution in [0.4, 0.5) is 5.95 Å². The van der Waals surface area contributed by atoms with E-state index in [1.54, 1.807) is 12.4 Å². The van der Waals surface area contributed by atoms with Gasteiger partial charge < -0.3 is 14.6 Å². The van der Waals surface area contributed by atoms with E-state index < -0.39 is 0 Å². The summed E-state index contributed by atoms with van der Waals surface area (Å²) in [5, 5.41) is 4.22. The minimum Gasteiger partial charge on any atom is -0.394 e. The standard InChI is InChI=1S/C15H20BrN5O2/c16-12-10-17-15(18-11-12)21-6-3-13(4-7-21)19-23-9-8-20-5-1-2-14(20)22/h10-11H,1-9H2. The molecule has 124 valence electrons. The summed E-state index contributed by atoms with van der Waals surface area (Å²) in [5.41, 5.74) is 1.06. The molecule has 0 spiro atoms. The summed E-state index contributed by atoms with van der Waals surface area (Å²) in [4.78, 5) is 29.5. The maximum absolute atomic E-state index is 11.5. The number of piperidine rings is 1. The molecule has 0 atom stereocenters. The number of nitrogens with zero attached hydrogens (tertiary/aromatic N) is 5. The largest absolute Gasteiger partial charge is 0.394 e. The van der Waals surface area contributed by atoms with E-state index in [1.807, 2.05) is 4.90 Å². The normalized spacial score (nSPS) is 18.5. The van der Waals surface area contributed by atoms with E-state index in [4.69, 9.17) is 4.84 Å². The minimum absolute atomic E-state index is 0.226. The average molecular weight is 382 g/mol. The van der Waals surface area contributed by atoms with Crippen LogP contribution in [-0.2, 0) is 9.63 Å². The number of aromatic nitrogens is 2. The van der Waals surface area contributed by atoms with E-state index in [9.17, 15) is 4.79 Å². The van der Waals surface area contributed by atoms with E-state index in [1.165, 1.54) is 0 Å². The van der Waals surface area contributed by atoms with Gasteiger partial charge in [-0.15, -0.1) is 0 Å². The number of amides is 1. The highest BCUT2D eigenvalue weighted by Crippen LogP contribution is 2.16. The SMILES string of the molecule is O=C1CCCN1CCON=C1CCN(c2ncc(Br)cn2)CC1. The van der Waals surface area contributed by atoms with Crippen LogP contribution < -0.4 is 4.90 Å². The van der Waals surface area contributed by atoms with Gasteiger partial charge in [0.25, 0.3) is 0 Å². The lowest BCUT2D eigenvalue weighted by Crippen LogP contribution is -2.35. The molecule has 0 bridgehead atoms. The van der Waals surface area contributed by atoms with Crippen LogP contribution >= 0.6 is 15.9 Å². The van der Waals surface area contributed by atoms with Gasteiger partial charge in [0, 0.05) is 51.3 Å². The zero-order valence-electron chi connectivity index (χ0n) is 12.9. The van der Waals surface area contributed by atoms with Crippen molar-refractivity contribution in [1.29, 1.82) is 0 Å². The van der Waals surface area contributed by atoms with Gasteiger partial charge in [0.2, 0.25) is 11.9 Å². The summed E-state index contributed by atoms with van der Waals surface area (Å²) >= 11 is 3.34. The molecule has 2 aliphatic rings. The molecule has 8 heteroatoms. The van der Waals surface area contributed by atoms with Crippen LogP contribution in [0.2, 0.25) is 0 Å². The third-order valence-corrected chi connectivity index (χ3v) is 4.46. The fourth-order valence-electron chi connectivity index (χ4n) is 2.75. The third-order valence-electron chi connectivity index (χ3n) is 4.05. The summed E-state index contributed by atoms with van der Waals surface area (Å²) < 4.78 is 0.880. The highest BCUT2D eigenvalue weighted by atomic mass is 79.9. The number of halogens is 1. The van der Waals surface area contributed by atoms with Gasteiger partial charge in [0.15, 0.2) is 0 Å². The Balaban J connectivity index is 1.40. The van der Waals surface area contributed by atoms with Crippen LogP contribution in [0, 0.1) is 0 Å². The Bertz CT molecular complexity index is 568. The summed E-state index contributed by atoms with van der Waals surface area (Å²) in [6.07, 6.45) is 6.84. The zero-order chi connectivity index (χ0) is 16.1. The first-order chi connectivity index (χ1) is 11.2. The fourth-order valence-corrected chi connectivity index (χ4v) is 2.96. The first-order valence-corrected chi connectivity index (χ1v) is 8.69. The van der Waals surface area contributed by atoms with Crippen molar-refractivity contribution in [3.05, 3.63) is 16.9 Å². The van der Waals surface area contributed by atoms with E-state index in [0.717, 1.165) is 55.0 Å². The maximum atomic E-state index is 11.5. The van der Waals surface area contributed by atoms with Crippen LogP contribution in [0.1, 0.15) is 25.7 Å². The van der Waals surface area contributed by atoms with Gasteiger partial charge in [-0.1, -0.05) is 5.16 Å².